The summed E-state index contributed by atoms with van der Waals surface area (Å²) in [6, 6.07) is 3.46. The number of rotatable bonds is 6. The van der Waals surface area contributed by atoms with Gasteiger partial charge in [-0.25, -0.2) is 9.18 Å². The second kappa shape index (κ2) is 7.32. The average Bonchev–Trinajstić information content (AvgIpc) is 2.42. The minimum atomic E-state index is -0.845. The zero-order chi connectivity index (χ0) is 15.1. The van der Waals surface area contributed by atoms with Crippen LogP contribution in [0.2, 0.25) is 0 Å². The summed E-state index contributed by atoms with van der Waals surface area (Å²) in [7, 11) is 2.60. The maximum atomic E-state index is 13.5. The number of esters is 1. The Balaban J connectivity index is 2.69. The monoisotopic (exact) mass is 284 g/mol. The lowest BCUT2D eigenvalue weighted by Gasteiger charge is -2.17. The van der Waals surface area contributed by atoms with Gasteiger partial charge in [-0.2, -0.15) is 0 Å². The Kier molecular flexibility index (Phi) is 5.76. The van der Waals surface area contributed by atoms with Crippen molar-refractivity contribution in [1.29, 1.82) is 0 Å². The van der Waals surface area contributed by atoms with Gasteiger partial charge in [-0.3, -0.25) is 4.79 Å². The summed E-state index contributed by atoms with van der Waals surface area (Å²) in [6.07, 6.45) is 0. The Labute approximate surface area is 116 Å². The molecule has 7 heteroatoms. The van der Waals surface area contributed by atoms with Crippen molar-refractivity contribution in [3.63, 3.8) is 0 Å². The van der Waals surface area contributed by atoms with Gasteiger partial charge in [0.1, 0.15) is 6.04 Å². The van der Waals surface area contributed by atoms with Gasteiger partial charge in [-0.1, -0.05) is 0 Å². The second-order valence-electron chi connectivity index (χ2n) is 4.01. The molecule has 1 unspecified atom stereocenters. The van der Waals surface area contributed by atoms with E-state index in [-0.39, 0.29) is 18.2 Å². The topological polar surface area (TPSA) is 76.7 Å². The largest absolute Gasteiger partial charge is 0.494 e. The fourth-order valence-corrected chi connectivity index (χ4v) is 1.58. The number of ether oxygens (including phenoxy) is 2. The molecular formula is C13H17FN2O4. The number of anilines is 1. The maximum absolute atomic E-state index is 13.5. The van der Waals surface area contributed by atoms with Crippen LogP contribution in [0.15, 0.2) is 18.2 Å². The van der Waals surface area contributed by atoms with Crippen molar-refractivity contribution in [2.75, 3.05) is 26.1 Å². The van der Waals surface area contributed by atoms with Gasteiger partial charge in [-0.15, -0.1) is 0 Å². The molecule has 0 spiro atoms. The van der Waals surface area contributed by atoms with E-state index in [0.29, 0.717) is 5.69 Å². The van der Waals surface area contributed by atoms with Crippen LogP contribution in [0.1, 0.15) is 6.92 Å². The molecule has 2 N–H and O–H groups in total. The number of hydrogen-bond acceptors (Lipinski definition) is 5. The van der Waals surface area contributed by atoms with E-state index in [1.807, 2.05) is 0 Å². The van der Waals surface area contributed by atoms with Crippen LogP contribution in [0, 0.1) is 5.82 Å². The number of carbonyl (C=O) groups is 2. The van der Waals surface area contributed by atoms with Crippen molar-refractivity contribution in [2.45, 2.75) is 13.0 Å². The summed E-state index contributed by atoms with van der Waals surface area (Å²) in [6.45, 7) is 1.38. The van der Waals surface area contributed by atoms with E-state index in [9.17, 15) is 14.0 Å². The van der Waals surface area contributed by atoms with Crippen LogP contribution in [-0.4, -0.2) is 38.7 Å². The molecule has 0 aliphatic heterocycles. The van der Waals surface area contributed by atoms with E-state index in [2.05, 4.69) is 15.4 Å². The van der Waals surface area contributed by atoms with Gasteiger partial charge in [0.2, 0.25) is 5.91 Å². The van der Waals surface area contributed by atoms with Gasteiger partial charge in [0, 0.05) is 25.2 Å². The van der Waals surface area contributed by atoms with Crippen LogP contribution in [-0.2, 0) is 14.3 Å². The van der Waals surface area contributed by atoms with Gasteiger partial charge in [0.15, 0.2) is 11.6 Å². The number of halogens is 1. The van der Waals surface area contributed by atoms with Crippen LogP contribution in [0.4, 0.5) is 10.1 Å². The molecule has 0 aliphatic rings. The first-order chi connectivity index (χ1) is 9.47. The Morgan fingerprint density at radius 1 is 1.35 bits per heavy atom. The molecule has 110 valence electrons. The van der Waals surface area contributed by atoms with Crippen molar-refractivity contribution in [2.24, 2.45) is 0 Å². The molecule has 0 fully saturated rings. The lowest BCUT2D eigenvalue weighted by Crippen LogP contribution is -2.45. The number of nitrogens with one attached hydrogen (secondary N) is 2. The zero-order valence-electron chi connectivity index (χ0n) is 11.5. The first-order valence-corrected chi connectivity index (χ1v) is 5.90. The molecule has 0 radical (unpaired) electrons. The highest BCUT2D eigenvalue weighted by molar-refractivity contribution is 5.83. The predicted octanol–water partition coefficient (Wildman–Crippen LogP) is 0.924. The molecule has 1 rings (SSSR count). The molecule has 0 saturated heterocycles. The number of methoxy groups -OCH3 is 2. The lowest BCUT2D eigenvalue weighted by molar-refractivity contribution is -0.144. The summed E-state index contributed by atoms with van der Waals surface area (Å²) >= 11 is 0. The molecular weight excluding hydrogens is 267 g/mol. The van der Waals surface area contributed by atoms with Crippen LogP contribution in [0.5, 0.6) is 5.75 Å². The normalized spacial score (nSPS) is 11.4. The van der Waals surface area contributed by atoms with E-state index in [4.69, 9.17) is 4.74 Å². The van der Waals surface area contributed by atoms with E-state index in [1.165, 1.54) is 33.3 Å². The summed E-state index contributed by atoms with van der Waals surface area (Å²) < 4.78 is 22.9. The van der Waals surface area contributed by atoms with E-state index in [0.717, 1.165) is 0 Å². The standard InChI is InChI=1S/C13H17FN2O4/c1-8(17)16-11(13(18)20-3)7-15-9-4-5-12(19-2)10(14)6-9/h4-6,11,15H,7H2,1-3H3,(H,16,17). The Bertz CT molecular complexity index is 493. The van der Waals surface area contributed by atoms with Gasteiger partial charge in [-0.05, 0) is 12.1 Å². The fourth-order valence-electron chi connectivity index (χ4n) is 1.58. The molecule has 0 saturated carbocycles. The number of carbonyl (C=O) groups excluding carboxylic acids is 2. The third-order valence-corrected chi connectivity index (χ3v) is 2.53. The molecule has 0 aromatic heterocycles. The van der Waals surface area contributed by atoms with Crippen molar-refractivity contribution < 1.29 is 23.5 Å². The van der Waals surface area contributed by atoms with E-state index < -0.39 is 17.8 Å². The summed E-state index contributed by atoms with van der Waals surface area (Å²) in [5.74, 6) is -1.33. The highest BCUT2D eigenvalue weighted by Gasteiger charge is 2.19. The lowest BCUT2D eigenvalue weighted by atomic mass is 10.2. The molecule has 0 aliphatic carbocycles. The van der Waals surface area contributed by atoms with Gasteiger partial charge in [0.05, 0.1) is 14.2 Å². The molecule has 0 heterocycles. The summed E-state index contributed by atoms with van der Waals surface area (Å²) in [4.78, 5) is 22.5. The SMILES string of the molecule is COC(=O)C(CNc1ccc(OC)c(F)c1)NC(C)=O. The van der Waals surface area contributed by atoms with E-state index >= 15 is 0 Å². The first-order valence-electron chi connectivity index (χ1n) is 5.90. The van der Waals surface area contributed by atoms with Gasteiger partial charge < -0.3 is 20.1 Å². The Morgan fingerprint density at radius 3 is 2.55 bits per heavy atom. The highest BCUT2D eigenvalue weighted by atomic mass is 19.1. The molecule has 1 aromatic rings. The Morgan fingerprint density at radius 2 is 2.05 bits per heavy atom. The molecule has 1 aromatic carbocycles. The second-order valence-corrected chi connectivity index (χ2v) is 4.01. The van der Waals surface area contributed by atoms with Crippen LogP contribution < -0.4 is 15.4 Å². The van der Waals surface area contributed by atoms with Gasteiger partial charge >= 0.3 is 5.97 Å². The predicted molar refractivity (Wildman–Crippen MR) is 71.1 cm³/mol. The number of amides is 1. The fraction of sp³-hybridized carbons (Fsp3) is 0.385. The van der Waals surface area contributed by atoms with Crippen molar-refractivity contribution in [3.8, 4) is 5.75 Å². The number of hydrogen-bond donors (Lipinski definition) is 2. The molecule has 1 atom stereocenters. The summed E-state index contributed by atoms with van der Waals surface area (Å²) in [5.41, 5.74) is 0.461. The zero-order valence-corrected chi connectivity index (χ0v) is 11.5. The first kappa shape index (κ1) is 15.7. The quantitative estimate of drug-likeness (QED) is 0.760. The van der Waals surface area contributed by atoms with Crippen molar-refractivity contribution >= 4 is 17.6 Å². The minimum Gasteiger partial charge on any atom is -0.494 e. The third-order valence-electron chi connectivity index (χ3n) is 2.53. The smallest absolute Gasteiger partial charge is 0.330 e. The Hall–Kier alpha value is -2.31. The summed E-state index contributed by atoms with van der Waals surface area (Å²) in [5, 5.41) is 5.29. The highest BCUT2D eigenvalue weighted by Crippen LogP contribution is 2.20. The van der Waals surface area contributed by atoms with E-state index in [1.54, 1.807) is 6.07 Å². The van der Waals surface area contributed by atoms with Crippen molar-refractivity contribution in [1.82, 2.24) is 5.32 Å². The van der Waals surface area contributed by atoms with Crippen molar-refractivity contribution in [3.05, 3.63) is 24.0 Å². The molecule has 1 amide bonds. The van der Waals surface area contributed by atoms with Crippen LogP contribution in [0.3, 0.4) is 0 Å². The minimum absolute atomic E-state index is 0.0814. The third kappa shape index (κ3) is 4.42. The molecule has 0 bridgehead atoms. The number of benzene rings is 1. The van der Waals surface area contributed by atoms with Crippen LogP contribution in [0.25, 0.3) is 0 Å². The van der Waals surface area contributed by atoms with Gasteiger partial charge in [0.25, 0.3) is 0 Å². The maximum Gasteiger partial charge on any atom is 0.330 e. The average molecular weight is 284 g/mol. The van der Waals surface area contributed by atoms with Crippen LogP contribution >= 0.6 is 0 Å². The molecule has 6 nitrogen and oxygen atoms in total. The molecule has 20 heavy (non-hydrogen) atoms.